The molecule has 8 rings (SSSR count). The molecule has 2 aromatic heterocycles. The summed E-state index contributed by atoms with van der Waals surface area (Å²) in [5, 5.41) is 12.3. The van der Waals surface area contributed by atoms with E-state index in [9.17, 15) is 4.79 Å². The van der Waals surface area contributed by atoms with Crippen molar-refractivity contribution in [3.8, 4) is 12.1 Å². The molecular weight excluding hydrogens is 468 g/mol. The maximum atomic E-state index is 13.1. The van der Waals surface area contributed by atoms with Crippen LogP contribution in [0.4, 0.5) is 5.95 Å². The van der Waals surface area contributed by atoms with Gasteiger partial charge < -0.3 is 15.0 Å². The van der Waals surface area contributed by atoms with Crippen LogP contribution >= 0.6 is 0 Å². The average Bonchev–Trinajstić information content (AvgIpc) is 3.50. The van der Waals surface area contributed by atoms with Gasteiger partial charge in [-0.15, -0.1) is 0 Å². The molecule has 4 heterocycles. The number of hydrogen-bond donors (Lipinski definition) is 1. The molecule has 5 fully saturated rings. The zero-order valence-corrected chi connectivity index (χ0v) is 21.0. The lowest BCUT2D eigenvalue weighted by Gasteiger charge is -2.61. The Labute approximate surface area is 215 Å². The number of amides is 1. The molecule has 4 aliphatic carbocycles. The number of nitriles is 1. The van der Waals surface area contributed by atoms with Crippen LogP contribution in [0.15, 0.2) is 17.3 Å². The largest absolute Gasteiger partial charge is 0.463 e. The number of nitrogens with one attached hydrogen (secondary N) is 1. The number of anilines is 1. The summed E-state index contributed by atoms with van der Waals surface area (Å²) in [4.78, 5) is 38.1. The van der Waals surface area contributed by atoms with Gasteiger partial charge in [0, 0.05) is 47.9 Å². The van der Waals surface area contributed by atoms with Crippen LogP contribution < -0.4 is 15.0 Å². The second kappa shape index (κ2) is 8.47. The number of carbonyl (C=O) groups excluding carboxylic acids is 1. The van der Waals surface area contributed by atoms with E-state index < -0.39 is 0 Å². The Kier molecular flexibility index (Phi) is 5.17. The van der Waals surface area contributed by atoms with Gasteiger partial charge >= 0.3 is 6.01 Å². The highest BCUT2D eigenvalue weighted by atomic mass is 16.5. The number of fused-ring (bicyclic) bond motifs is 1. The lowest BCUT2D eigenvalue weighted by molar-refractivity contribution is -0.0441. The third-order valence-electron chi connectivity index (χ3n) is 8.80. The first kappa shape index (κ1) is 22.6. The van der Waals surface area contributed by atoms with Crippen LogP contribution in [-0.2, 0) is 6.54 Å². The van der Waals surface area contributed by atoms with Crippen molar-refractivity contribution in [3.63, 3.8) is 0 Å². The van der Waals surface area contributed by atoms with E-state index in [2.05, 4.69) is 49.2 Å². The van der Waals surface area contributed by atoms with Gasteiger partial charge in [-0.05, 0) is 63.0 Å². The van der Waals surface area contributed by atoms with Crippen molar-refractivity contribution in [1.29, 1.82) is 5.26 Å². The molecule has 4 saturated carbocycles. The van der Waals surface area contributed by atoms with Gasteiger partial charge in [0.1, 0.15) is 0 Å². The fourth-order valence-corrected chi connectivity index (χ4v) is 6.36. The predicted molar refractivity (Wildman–Crippen MR) is 134 cm³/mol. The first-order chi connectivity index (χ1) is 18.0. The highest BCUT2D eigenvalue weighted by Crippen LogP contribution is 2.57. The van der Waals surface area contributed by atoms with Gasteiger partial charge in [0.15, 0.2) is 0 Å². The molecule has 1 amide bonds. The van der Waals surface area contributed by atoms with E-state index in [0.717, 1.165) is 63.2 Å². The summed E-state index contributed by atoms with van der Waals surface area (Å²) in [7, 11) is 0. The quantitative estimate of drug-likeness (QED) is 0.617. The van der Waals surface area contributed by atoms with Crippen molar-refractivity contribution >= 4 is 17.6 Å². The molecule has 1 N–H and O–H groups in total. The van der Waals surface area contributed by atoms with Crippen LogP contribution in [0.25, 0.3) is 0 Å². The molecule has 190 valence electrons. The third-order valence-corrected chi connectivity index (χ3v) is 8.80. The molecule has 2 aliphatic heterocycles. The number of carbonyl (C=O) groups is 1. The Hall–Kier alpha value is -3.61. The lowest BCUT2D eigenvalue weighted by atomic mass is 9.50. The molecule has 0 unspecified atom stereocenters. The van der Waals surface area contributed by atoms with Gasteiger partial charge in [0.25, 0.3) is 5.91 Å². The van der Waals surface area contributed by atoms with Crippen LogP contribution in [0.3, 0.4) is 0 Å². The number of aromatic nitrogens is 4. The standard InChI is InChI=1S/C27H30N8O2/c1-15-2-5-29-20-13-30-22(21(15)20)17-3-6-35(7-4-17)25-31-23(24(36)34-27-9-16(10-27)11-27)32-26(33-25)37-14-19-8-18(19)12-28/h2,5,16-19H,3-4,6-11,13-14H2,1H3,(H,34,36)/t16?,18-,19+,27?/m0/s1. The molecule has 10 nitrogen and oxygen atoms in total. The number of hydrogen-bond acceptors (Lipinski definition) is 9. The van der Waals surface area contributed by atoms with Gasteiger partial charge in [-0.3, -0.25) is 14.8 Å². The smallest absolute Gasteiger partial charge is 0.321 e. The van der Waals surface area contributed by atoms with Crippen molar-refractivity contribution in [2.24, 2.45) is 28.7 Å². The van der Waals surface area contributed by atoms with Gasteiger partial charge in [0.05, 0.1) is 30.8 Å². The molecule has 6 aliphatic rings. The van der Waals surface area contributed by atoms with Crippen molar-refractivity contribution in [3.05, 3.63) is 34.9 Å². The zero-order valence-electron chi connectivity index (χ0n) is 21.0. The average molecular weight is 499 g/mol. The molecule has 2 bridgehead atoms. The molecule has 2 atom stereocenters. The predicted octanol–water partition coefficient (Wildman–Crippen LogP) is 2.62. The Bertz CT molecular complexity index is 1330. The monoisotopic (exact) mass is 498 g/mol. The van der Waals surface area contributed by atoms with Crippen LogP contribution in [-0.4, -0.2) is 56.8 Å². The zero-order chi connectivity index (χ0) is 25.1. The summed E-state index contributed by atoms with van der Waals surface area (Å²) in [6, 6.07) is 4.50. The Morgan fingerprint density at radius 2 is 2.05 bits per heavy atom. The van der Waals surface area contributed by atoms with Gasteiger partial charge in [-0.2, -0.15) is 20.2 Å². The number of nitrogens with zero attached hydrogens (tertiary/aromatic N) is 7. The summed E-state index contributed by atoms with van der Waals surface area (Å²) >= 11 is 0. The third kappa shape index (κ3) is 4.01. The van der Waals surface area contributed by atoms with Gasteiger partial charge in [0.2, 0.25) is 11.8 Å². The van der Waals surface area contributed by atoms with E-state index in [-0.39, 0.29) is 35.1 Å². The minimum atomic E-state index is -0.261. The maximum Gasteiger partial charge on any atom is 0.321 e. The second-order valence-electron chi connectivity index (χ2n) is 11.4. The highest BCUT2D eigenvalue weighted by Gasteiger charge is 2.57. The molecule has 37 heavy (non-hydrogen) atoms. The topological polar surface area (TPSA) is 129 Å². The van der Waals surface area contributed by atoms with E-state index in [1.807, 2.05) is 6.20 Å². The molecule has 0 aromatic carbocycles. The van der Waals surface area contributed by atoms with E-state index in [4.69, 9.17) is 15.0 Å². The Morgan fingerprint density at radius 3 is 2.76 bits per heavy atom. The summed E-state index contributed by atoms with van der Waals surface area (Å²) in [5.41, 5.74) is 4.64. The molecule has 0 spiro atoms. The van der Waals surface area contributed by atoms with Crippen molar-refractivity contribution in [2.75, 3.05) is 24.6 Å². The van der Waals surface area contributed by atoms with Crippen molar-refractivity contribution in [2.45, 2.75) is 57.5 Å². The van der Waals surface area contributed by atoms with Gasteiger partial charge in [-0.25, -0.2) is 0 Å². The summed E-state index contributed by atoms with van der Waals surface area (Å²) in [6.45, 7) is 4.68. The fraction of sp³-hybridized carbons (Fsp3) is 0.593. The van der Waals surface area contributed by atoms with Crippen LogP contribution in [0.5, 0.6) is 6.01 Å². The molecule has 10 heteroatoms. The number of piperidine rings is 1. The number of aliphatic imine (C=N–C) groups is 1. The van der Waals surface area contributed by atoms with E-state index >= 15 is 0 Å². The molecule has 1 saturated heterocycles. The van der Waals surface area contributed by atoms with Crippen LogP contribution in [0.1, 0.15) is 66.0 Å². The maximum absolute atomic E-state index is 13.1. The lowest BCUT2D eigenvalue weighted by Crippen LogP contribution is -2.68. The van der Waals surface area contributed by atoms with Crippen LogP contribution in [0, 0.1) is 41.9 Å². The van der Waals surface area contributed by atoms with E-state index in [1.54, 1.807) is 0 Å². The van der Waals surface area contributed by atoms with E-state index in [1.165, 1.54) is 16.8 Å². The normalized spacial score (nSPS) is 29.4. The van der Waals surface area contributed by atoms with Crippen molar-refractivity contribution < 1.29 is 9.53 Å². The number of rotatable bonds is 7. The van der Waals surface area contributed by atoms with Crippen molar-refractivity contribution in [1.82, 2.24) is 25.3 Å². The summed E-state index contributed by atoms with van der Waals surface area (Å²) in [6.07, 6.45) is 7.69. The minimum absolute atomic E-state index is 0.0369. The molecular formula is C27H30N8O2. The second-order valence-corrected chi connectivity index (χ2v) is 11.4. The SMILES string of the molecule is Cc1ccnc2c1C(C1CCN(c3nc(OC[C@H]4C[C@H]4C#N)nc(C(=O)NC45CC(C4)C5)n3)CC1)=NC2. The van der Waals surface area contributed by atoms with Crippen LogP contribution in [0.2, 0.25) is 0 Å². The number of pyridine rings is 1. The Morgan fingerprint density at radius 1 is 1.24 bits per heavy atom. The number of ether oxygens (including phenoxy) is 1. The first-order valence-electron chi connectivity index (χ1n) is 13.4. The molecule has 2 aromatic rings. The molecule has 0 radical (unpaired) electrons. The van der Waals surface area contributed by atoms with Gasteiger partial charge in [-0.1, -0.05) is 0 Å². The summed E-state index contributed by atoms with van der Waals surface area (Å²) < 4.78 is 5.87. The summed E-state index contributed by atoms with van der Waals surface area (Å²) in [5.74, 6) is 1.69. The highest BCUT2D eigenvalue weighted by molar-refractivity contribution is 6.06. The van der Waals surface area contributed by atoms with E-state index in [0.29, 0.717) is 25.0 Å². The first-order valence-corrected chi connectivity index (χ1v) is 13.4. The fourth-order valence-electron chi connectivity index (χ4n) is 6.36. The number of aryl methyl sites for hydroxylation is 1. The Balaban J connectivity index is 1.07. The minimum Gasteiger partial charge on any atom is -0.463 e.